The molecule has 3 aromatic rings. The summed E-state index contributed by atoms with van der Waals surface area (Å²) in [5.41, 5.74) is 3.69. The number of aromatic nitrogens is 2. The van der Waals surface area contributed by atoms with Crippen molar-refractivity contribution in [3.63, 3.8) is 0 Å². The third kappa shape index (κ3) is 3.86. The average molecular weight is 354 g/mol. The van der Waals surface area contributed by atoms with E-state index in [9.17, 15) is 0 Å². The molecule has 0 aliphatic rings. The Balaban J connectivity index is 1.95. The molecule has 2 aromatic carbocycles. The molecule has 0 fully saturated rings. The van der Waals surface area contributed by atoms with Gasteiger partial charge >= 0.3 is 0 Å². The number of nitrogens with zero attached hydrogens (tertiary/aromatic N) is 3. The summed E-state index contributed by atoms with van der Waals surface area (Å²) >= 11 is 12.0. The zero-order valence-corrected chi connectivity index (χ0v) is 14.2. The van der Waals surface area contributed by atoms with E-state index in [1.165, 1.54) is 0 Å². The normalized spacial score (nSPS) is 10.9. The fraction of sp³-hybridized carbons (Fsp3) is 0.0526. The summed E-state index contributed by atoms with van der Waals surface area (Å²) < 4.78 is 1.75. The van der Waals surface area contributed by atoms with Crippen LogP contribution in [-0.2, 0) is 6.54 Å². The van der Waals surface area contributed by atoms with E-state index in [2.05, 4.69) is 11.1 Å². The first-order valence-corrected chi connectivity index (χ1v) is 8.05. The molecule has 0 aliphatic carbocycles. The van der Waals surface area contributed by atoms with Gasteiger partial charge in [-0.25, -0.2) is 4.98 Å². The summed E-state index contributed by atoms with van der Waals surface area (Å²) in [6, 6.07) is 17.8. The van der Waals surface area contributed by atoms with Gasteiger partial charge in [0.05, 0.1) is 18.2 Å². The average Bonchev–Trinajstić information content (AvgIpc) is 2.92. The maximum Gasteiger partial charge on any atom is 0.204 e. The van der Waals surface area contributed by atoms with Crippen molar-refractivity contribution in [3.05, 3.63) is 87.4 Å². The van der Waals surface area contributed by atoms with Gasteiger partial charge in [0.2, 0.25) is 5.28 Å². The highest BCUT2D eigenvalue weighted by molar-refractivity contribution is 6.32. The molecule has 0 saturated carbocycles. The minimum Gasteiger partial charge on any atom is -0.316 e. The third-order valence-corrected chi connectivity index (χ3v) is 4.05. The Morgan fingerprint density at radius 1 is 1.08 bits per heavy atom. The summed E-state index contributed by atoms with van der Waals surface area (Å²) in [5.74, 6) is 0. The van der Waals surface area contributed by atoms with E-state index in [-0.39, 0.29) is 0 Å². The summed E-state index contributed by atoms with van der Waals surface area (Å²) in [7, 11) is 0. The lowest BCUT2D eigenvalue weighted by molar-refractivity contribution is 0.797. The van der Waals surface area contributed by atoms with Crippen molar-refractivity contribution in [2.45, 2.75) is 6.54 Å². The first kappa shape index (κ1) is 16.3. The molecule has 1 aromatic heterocycles. The maximum absolute atomic E-state index is 9.15. The maximum atomic E-state index is 9.15. The van der Waals surface area contributed by atoms with Crippen LogP contribution in [-0.4, -0.2) is 9.55 Å². The Morgan fingerprint density at radius 3 is 2.54 bits per heavy atom. The lowest BCUT2D eigenvalue weighted by atomic mass is 10.0. The van der Waals surface area contributed by atoms with E-state index in [4.69, 9.17) is 28.5 Å². The molecule has 3 rings (SSSR count). The van der Waals surface area contributed by atoms with E-state index in [1.807, 2.05) is 54.6 Å². The van der Waals surface area contributed by atoms with Gasteiger partial charge in [-0.15, -0.1) is 0 Å². The van der Waals surface area contributed by atoms with Gasteiger partial charge < -0.3 is 4.57 Å². The molecule has 0 unspecified atom stereocenters. The van der Waals surface area contributed by atoms with E-state index in [0.29, 0.717) is 22.5 Å². The molecule has 0 spiro atoms. The van der Waals surface area contributed by atoms with Gasteiger partial charge in [0, 0.05) is 6.20 Å². The standard InChI is InChI=1S/C19H13Cl2N3/c20-18-13-24(19(21)23-18)12-17-10-15(11-22)7-9-16(17)8-6-14-4-2-1-3-5-14/h1-10,13H,12H2/b8-6-. The van der Waals surface area contributed by atoms with Crippen LogP contribution in [0, 0.1) is 11.3 Å². The predicted octanol–water partition coefficient (Wildman–Crippen LogP) is 5.28. The van der Waals surface area contributed by atoms with Crippen molar-refractivity contribution < 1.29 is 0 Å². The fourth-order valence-electron chi connectivity index (χ4n) is 2.38. The van der Waals surface area contributed by atoms with Crippen LogP contribution in [0.2, 0.25) is 10.4 Å². The monoisotopic (exact) mass is 353 g/mol. The lowest BCUT2D eigenvalue weighted by Crippen LogP contribution is -2.01. The van der Waals surface area contributed by atoms with Crippen LogP contribution < -0.4 is 0 Å². The Morgan fingerprint density at radius 2 is 1.88 bits per heavy atom. The molecule has 0 radical (unpaired) electrons. The summed E-state index contributed by atoms with van der Waals surface area (Å²) in [6.45, 7) is 0.489. The van der Waals surface area contributed by atoms with Crippen LogP contribution in [0.5, 0.6) is 0 Å². The predicted molar refractivity (Wildman–Crippen MR) is 97.9 cm³/mol. The van der Waals surface area contributed by atoms with E-state index < -0.39 is 0 Å². The molecule has 5 heteroatoms. The van der Waals surface area contributed by atoms with Crippen LogP contribution in [0.15, 0.2) is 54.7 Å². The molecule has 0 atom stereocenters. The second kappa shape index (κ2) is 7.35. The van der Waals surface area contributed by atoms with Crippen LogP contribution in [0.4, 0.5) is 0 Å². The number of rotatable bonds is 4. The number of imidazole rings is 1. The smallest absolute Gasteiger partial charge is 0.204 e. The first-order valence-electron chi connectivity index (χ1n) is 7.30. The number of hydrogen-bond donors (Lipinski definition) is 0. The SMILES string of the molecule is N#Cc1ccc(/C=C\c2ccccc2)c(Cn2cc(Cl)nc2Cl)c1. The Kier molecular flexibility index (Phi) is 5.00. The third-order valence-electron chi connectivity index (χ3n) is 3.57. The number of nitriles is 1. The van der Waals surface area contributed by atoms with Gasteiger partial charge in [0.15, 0.2) is 0 Å². The van der Waals surface area contributed by atoms with Gasteiger partial charge in [-0.1, -0.05) is 60.2 Å². The Hall–Kier alpha value is -2.54. The zero-order chi connectivity index (χ0) is 16.9. The van der Waals surface area contributed by atoms with Crippen molar-refractivity contribution in [1.82, 2.24) is 9.55 Å². The minimum atomic E-state index is 0.320. The van der Waals surface area contributed by atoms with Gasteiger partial charge in [0.25, 0.3) is 0 Å². The highest BCUT2D eigenvalue weighted by Gasteiger charge is 2.08. The minimum absolute atomic E-state index is 0.320. The van der Waals surface area contributed by atoms with Crippen molar-refractivity contribution in [1.29, 1.82) is 5.26 Å². The lowest BCUT2D eigenvalue weighted by Gasteiger charge is -2.09. The van der Waals surface area contributed by atoms with Gasteiger partial charge in [-0.3, -0.25) is 0 Å². The van der Waals surface area contributed by atoms with Gasteiger partial charge in [0.1, 0.15) is 5.15 Å². The van der Waals surface area contributed by atoms with Crippen LogP contribution in [0.25, 0.3) is 12.2 Å². The summed E-state index contributed by atoms with van der Waals surface area (Å²) in [6.07, 6.45) is 5.74. The molecule has 1 heterocycles. The van der Waals surface area contributed by atoms with Crippen molar-refractivity contribution in [3.8, 4) is 6.07 Å². The summed E-state index contributed by atoms with van der Waals surface area (Å²) in [5, 5.41) is 9.82. The Labute approximate surface area is 150 Å². The number of halogens is 2. The highest BCUT2D eigenvalue weighted by atomic mass is 35.5. The van der Waals surface area contributed by atoms with Gasteiger partial charge in [-0.2, -0.15) is 5.26 Å². The molecular weight excluding hydrogens is 341 g/mol. The Bertz CT molecular complexity index is 922. The van der Waals surface area contributed by atoms with Crippen molar-refractivity contribution in [2.75, 3.05) is 0 Å². The molecule has 3 nitrogen and oxygen atoms in total. The highest BCUT2D eigenvalue weighted by Crippen LogP contribution is 2.20. The zero-order valence-electron chi connectivity index (χ0n) is 12.7. The molecule has 24 heavy (non-hydrogen) atoms. The molecule has 0 amide bonds. The first-order chi connectivity index (χ1) is 11.7. The van der Waals surface area contributed by atoms with Crippen LogP contribution >= 0.6 is 23.2 Å². The van der Waals surface area contributed by atoms with Crippen molar-refractivity contribution >= 4 is 35.4 Å². The van der Waals surface area contributed by atoms with Crippen LogP contribution in [0.1, 0.15) is 22.3 Å². The van der Waals surface area contributed by atoms with Crippen LogP contribution in [0.3, 0.4) is 0 Å². The molecule has 0 bridgehead atoms. The second-order valence-electron chi connectivity index (χ2n) is 5.23. The summed E-state index contributed by atoms with van der Waals surface area (Å²) in [4.78, 5) is 3.98. The molecule has 0 aliphatic heterocycles. The molecule has 118 valence electrons. The van der Waals surface area contributed by atoms with Gasteiger partial charge in [-0.05, 0) is 40.4 Å². The molecule has 0 N–H and O–H groups in total. The molecule has 0 saturated heterocycles. The largest absolute Gasteiger partial charge is 0.316 e. The number of hydrogen-bond acceptors (Lipinski definition) is 2. The number of benzene rings is 2. The quantitative estimate of drug-likeness (QED) is 0.598. The second-order valence-corrected chi connectivity index (χ2v) is 5.96. The fourth-order valence-corrected chi connectivity index (χ4v) is 2.82. The van der Waals surface area contributed by atoms with E-state index in [0.717, 1.165) is 16.7 Å². The molecular formula is C19H13Cl2N3. The topological polar surface area (TPSA) is 41.6 Å². The van der Waals surface area contributed by atoms with E-state index in [1.54, 1.807) is 16.8 Å². The van der Waals surface area contributed by atoms with E-state index >= 15 is 0 Å². The van der Waals surface area contributed by atoms with Crippen molar-refractivity contribution in [2.24, 2.45) is 0 Å².